The second-order valence-corrected chi connectivity index (χ2v) is 9.75. The quantitative estimate of drug-likeness (QED) is 0.278. The number of halogens is 1. The smallest absolute Gasteiger partial charge is 0.289 e. The van der Waals surface area contributed by atoms with E-state index in [1.54, 1.807) is 0 Å². The van der Waals surface area contributed by atoms with Crippen LogP contribution in [0.15, 0.2) is 52.4 Å². The van der Waals surface area contributed by atoms with Gasteiger partial charge in [-0.3, -0.25) is 4.79 Å². The molecule has 0 spiro atoms. The van der Waals surface area contributed by atoms with Gasteiger partial charge >= 0.3 is 0 Å². The minimum atomic E-state index is -0.370. The van der Waals surface area contributed by atoms with Crippen molar-refractivity contribution in [1.82, 2.24) is 25.4 Å². The van der Waals surface area contributed by atoms with Crippen molar-refractivity contribution in [3.63, 3.8) is 0 Å². The number of aromatic nitrogens is 4. The standard InChI is InChI=1S/C26H23ClN6O2S/c1-14-13-36-22(30-14)12-29-26(34)25-31-21-8-7-18(23-15(2)33-35-16(23)3)10-20(21)24(32-25)28-11-17-5-4-6-19(27)9-17/h4-10,13H,11-12H2,1-3H3,(H,29,34)(H,28,31,32). The van der Waals surface area contributed by atoms with Gasteiger partial charge in [0.2, 0.25) is 5.82 Å². The summed E-state index contributed by atoms with van der Waals surface area (Å²) in [6, 6.07) is 13.4. The Morgan fingerprint density at radius 2 is 1.92 bits per heavy atom. The molecule has 3 aromatic heterocycles. The Balaban J connectivity index is 1.51. The molecular formula is C26H23ClN6O2S. The van der Waals surface area contributed by atoms with Crippen LogP contribution in [0.5, 0.6) is 0 Å². The first-order valence-corrected chi connectivity index (χ1v) is 12.6. The molecule has 10 heteroatoms. The number of carbonyl (C=O) groups excluding carboxylic acids is 1. The normalized spacial score (nSPS) is 11.1. The van der Waals surface area contributed by atoms with Crippen LogP contribution in [0, 0.1) is 20.8 Å². The number of nitrogens with one attached hydrogen (secondary N) is 2. The topological polar surface area (TPSA) is 106 Å². The average molecular weight is 519 g/mol. The largest absolute Gasteiger partial charge is 0.365 e. The molecule has 0 unspecified atom stereocenters. The van der Waals surface area contributed by atoms with Crippen molar-refractivity contribution in [1.29, 1.82) is 0 Å². The highest BCUT2D eigenvalue weighted by Crippen LogP contribution is 2.31. The number of hydrogen-bond donors (Lipinski definition) is 2. The molecule has 0 atom stereocenters. The third-order valence-corrected chi connectivity index (χ3v) is 6.84. The fourth-order valence-corrected chi connectivity index (χ4v) is 4.89. The predicted molar refractivity (Wildman–Crippen MR) is 141 cm³/mol. The molecule has 0 aliphatic rings. The van der Waals surface area contributed by atoms with Gasteiger partial charge in [0.05, 0.1) is 17.8 Å². The minimum Gasteiger partial charge on any atom is -0.365 e. The Morgan fingerprint density at radius 3 is 2.64 bits per heavy atom. The number of amides is 1. The highest BCUT2D eigenvalue weighted by molar-refractivity contribution is 7.09. The van der Waals surface area contributed by atoms with Crippen LogP contribution in [0.25, 0.3) is 22.0 Å². The zero-order chi connectivity index (χ0) is 25.2. The van der Waals surface area contributed by atoms with Crippen molar-refractivity contribution < 1.29 is 9.32 Å². The summed E-state index contributed by atoms with van der Waals surface area (Å²) in [6.45, 7) is 6.49. The molecule has 0 radical (unpaired) electrons. The van der Waals surface area contributed by atoms with Crippen LogP contribution < -0.4 is 10.6 Å². The summed E-state index contributed by atoms with van der Waals surface area (Å²) in [4.78, 5) is 26.5. The zero-order valence-corrected chi connectivity index (χ0v) is 21.5. The summed E-state index contributed by atoms with van der Waals surface area (Å²) < 4.78 is 5.36. The maximum Gasteiger partial charge on any atom is 0.289 e. The Morgan fingerprint density at radius 1 is 1.06 bits per heavy atom. The number of rotatable bonds is 7. The van der Waals surface area contributed by atoms with E-state index >= 15 is 0 Å². The maximum absolute atomic E-state index is 13.0. The van der Waals surface area contributed by atoms with E-state index in [0.717, 1.165) is 44.2 Å². The molecular weight excluding hydrogens is 496 g/mol. The number of nitrogens with zero attached hydrogens (tertiary/aromatic N) is 4. The van der Waals surface area contributed by atoms with Gasteiger partial charge in [-0.15, -0.1) is 11.3 Å². The number of anilines is 1. The number of carbonyl (C=O) groups is 1. The third kappa shape index (κ3) is 5.07. The van der Waals surface area contributed by atoms with Gasteiger partial charge in [0.1, 0.15) is 16.6 Å². The van der Waals surface area contributed by atoms with E-state index in [4.69, 9.17) is 16.1 Å². The van der Waals surface area contributed by atoms with Crippen LogP contribution in [0.4, 0.5) is 5.82 Å². The third-order valence-electron chi connectivity index (χ3n) is 5.64. The monoisotopic (exact) mass is 518 g/mol. The lowest BCUT2D eigenvalue weighted by molar-refractivity contribution is 0.0941. The van der Waals surface area contributed by atoms with Crippen LogP contribution in [0.3, 0.4) is 0 Å². The summed E-state index contributed by atoms with van der Waals surface area (Å²) in [5.41, 5.74) is 5.22. The van der Waals surface area contributed by atoms with Crippen LogP contribution in [0.1, 0.15) is 38.3 Å². The van der Waals surface area contributed by atoms with Crippen LogP contribution in [0.2, 0.25) is 5.02 Å². The Kier molecular flexibility index (Phi) is 6.67. The summed E-state index contributed by atoms with van der Waals surface area (Å²) in [5.74, 6) is 0.985. The van der Waals surface area contributed by atoms with Gasteiger partial charge in [-0.2, -0.15) is 0 Å². The van der Waals surface area contributed by atoms with Gasteiger partial charge in [-0.1, -0.05) is 35.0 Å². The molecule has 0 bridgehead atoms. The highest BCUT2D eigenvalue weighted by atomic mass is 35.5. The van der Waals surface area contributed by atoms with Gasteiger partial charge < -0.3 is 15.2 Å². The second-order valence-electron chi connectivity index (χ2n) is 8.38. The Bertz CT molecular complexity index is 1560. The summed E-state index contributed by atoms with van der Waals surface area (Å²) in [7, 11) is 0. The SMILES string of the molecule is Cc1csc(CNC(=O)c2nc(NCc3cccc(Cl)c3)c3cc(-c4c(C)noc4C)ccc3n2)n1. The van der Waals surface area contributed by atoms with E-state index < -0.39 is 0 Å². The van der Waals surface area contributed by atoms with Gasteiger partial charge in [0, 0.05) is 33.6 Å². The minimum absolute atomic E-state index is 0.0782. The summed E-state index contributed by atoms with van der Waals surface area (Å²) in [5, 5.41) is 14.5. The summed E-state index contributed by atoms with van der Waals surface area (Å²) >= 11 is 7.66. The Hall–Kier alpha value is -3.82. The molecule has 182 valence electrons. The van der Waals surface area contributed by atoms with E-state index in [1.807, 2.05) is 68.6 Å². The molecule has 8 nitrogen and oxygen atoms in total. The molecule has 5 rings (SSSR count). The van der Waals surface area contributed by atoms with Gasteiger partial charge in [-0.25, -0.2) is 15.0 Å². The molecule has 3 heterocycles. The molecule has 5 aromatic rings. The number of benzene rings is 2. The van der Waals surface area contributed by atoms with Crippen molar-refractivity contribution >= 4 is 45.6 Å². The first kappa shape index (κ1) is 23.9. The number of fused-ring (bicyclic) bond motifs is 1. The molecule has 0 aliphatic carbocycles. The lowest BCUT2D eigenvalue weighted by Crippen LogP contribution is -2.25. The lowest BCUT2D eigenvalue weighted by Gasteiger charge is -2.12. The van der Waals surface area contributed by atoms with Gasteiger partial charge in [0.15, 0.2) is 0 Å². The van der Waals surface area contributed by atoms with Crippen molar-refractivity contribution in [2.24, 2.45) is 0 Å². The molecule has 1 amide bonds. The van der Waals surface area contributed by atoms with Crippen molar-refractivity contribution in [3.8, 4) is 11.1 Å². The first-order valence-electron chi connectivity index (χ1n) is 11.3. The fraction of sp³-hybridized carbons (Fsp3) is 0.192. The molecule has 36 heavy (non-hydrogen) atoms. The predicted octanol–water partition coefficient (Wildman–Crippen LogP) is 5.86. The first-order chi connectivity index (χ1) is 17.4. The molecule has 2 N–H and O–H groups in total. The van der Waals surface area contributed by atoms with Crippen molar-refractivity contribution in [2.45, 2.75) is 33.9 Å². The molecule has 0 saturated carbocycles. The molecule has 0 saturated heterocycles. The molecule has 0 aliphatic heterocycles. The zero-order valence-electron chi connectivity index (χ0n) is 19.9. The molecule has 2 aromatic carbocycles. The fourth-order valence-electron chi connectivity index (χ4n) is 3.97. The maximum atomic E-state index is 13.0. The van der Waals surface area contributed by atoms with E-state index in [9.17, 15) is 4.79 Å². The number of hydrogen-bond acceptors (Lipinski definition) is 8. The molecule has 0 fully saturated rings. The number of aryl methyl sites for hydroxylation is 3. The number of thiazole rings is 1. The van der Waals surface area contributed by atoms with E-state index in [2.05, 4.69) is 30.7 Å². The van der Waals surface area contributed by atoms with Crippen molar-refractivity contribution in [2.75, 3.05) is 5.32 Å². The van der Waals surface area contributed by atoms with Gasteiger partial charge in [-0.05, 0) is 56.2 Å². The lowest BCUT2D eigenvalue weighted by atomic mass is 10.0. The van der Waals surface area contributed by atoms with E-state index in [-0.39, 0.29) is 11.7 Å². The second kappa shape index (κ2) is 10.0. The highest BCUT2D eigenvalue weighted by Gasteiger charge is 2.17. The Labute approximate surface area is 216 Å². The van der Waals surface area contributed by atoms with Crippen LogP contribution in [-0.4, -0.2) is 26.0 Å². The van der Waals surface area contributed by atoms with E-state index in [1.165, 1.54) is 11.3 Å². The summed E-state index contributed by atoms with van der Waals surface area (Å²) in [6.07, 6.45) is 0. The van der Waals surface area contributed by atoms with E-state index in [0.29, 0.717) is 29.4 Å². The van der Waals surface area contributed by atoms with Gasteiger partial charge in [0.25, 0.3) is 5.91 Å². The average Bonchev–Trinajstić information content (AvgIpc) is 3.44. The van der Waals surface area contributed by atoms with Crippen LogP contribution in [-0.2, 0) is 13.1 Å². The van der Waals surface area contributed by atoms with Crippen molar-refractivity contribution in [3.05, 3.63) is 86.4 Å². The van der Waals surface area contributed by atoms with Crippen LogP contribution >= 0.6 is 22.9 Å².